The maximum Gasteiger partial charge on any atom is 0.130 e. The lowest BCUT2D eigenvalue weighted by atomic mass is 9.78. The van der Waals surface area contributed by atoms with Crippen LogP contribution in [-0.4, -0.2) is 36.1 Å². The number of aromatic nitrogens is 1. The first-order valence-electron chi connectivity index (χ1n) is 10.2. The SMILES string of the molecule is Cc1cc(CN2CCC3(CCNCC3)C2)cc(C)c1OCc1ccccn1.Cl. The molecular formula is C23H32ClN3O. The molecule has 1 N–H and O–H groups in total. The minimum Gasteiger partial charge on any atom is -0.487 e. The smallest absolute Gasteiger partial charge is 0.130 e. The number of hydrogen-bond acceptors (Lipinski definition) is 4. The van der Waals surface area contributed by atoms with Gasteiger partial charge in [-0.1, -0.05) is 18.2 Å². The normalized spacial score (nSPS) is 18.8. The lowest BCUT2D eigenvalue weighted by Gasteiger charge is -2.34. The van der Waals surface area contributed by atoms with Gasteiger partial charge in [-0.3, -0.25) is 9.88 Å². The molecule has 1 spiro atoms. The molecule has 0 aliphatic carbocycles. The lowest BCUT2D eigenvalue weighted by Crippen LogP contribution is -2.38. The van der Waals surface area contributed by atoms with E-state index in [9.17, 15) is 0 Å². The Kier molecular flexibility index (Phi) is 6.97. The van der Waals surface area contributed by atoms with E-state index in [1.165, 1.54) is 62.1 Å². The first kappa shape index (κ1) is 21.1. The number of nitrogens with zero attached hydrogens (tertiary/aromatic N) is 2. The molecule has 0 unspecified atom stereocenters. The number of benzene rings is 1. The second-order valence-corrected chi connectivity index (χ2v) is 8.38. The van der Waals surface area contributed by atoms with Gasteiger partial charge >= 0.3 is 0 Å². The second kappa shape index (κ2) is 9.25. The molecule has 0 atom stereocenters. The zero-order chi connectivity index (χ0) is 18.7. The van der Waals surface area contributed by atoms with Crippen molar-refractivity contribution < 1.29 is 4.74 Å². The monoisotopic (exact) mass is 401 g/mol. The molecule has 4 nitrogen and oxygen atoms in total. The predicted octanol–water partition coefficient (Wildman–Crippen LogP) is 4.27. The Morgan fingerprint density at radius 2 is 1.86 bits per heavy atom. The van der Waals surface area contributed by atoms with Gasteiger partial charge in [0.2, 0.25) is 0 Å². The van der Waals surface area contributed by atoms with Crippen molar-refractivity contribution in [1.29, 1.82) is 0 Å². The Morgan fingerprint density at radius 3 is 2.54 bits per heavy atom. The Balaban J connectivity index is 0.00000225. The van der Waals surface area contributed by atoms with Gasteiger partial charge in [-0.15, -0.1) is 12.4 Å². The van der Waals surface area contributed by atoms with Gasteiger partial charge in [0.15, 0.2) is 0 Å². The Morgan fingerprint density at radius 1 is 1.11 bits per heavy atom. The van der Waals surface area contributed by atoms with E-state index in [4.69, 9.17) is 4.74 Å². The molecular weight excluding hydrogens is 370 g/mol. The van der Waals surface area contributed by atoms with E-state index in [0.717, 1.165) is 18.0 Å². The van der Waals surface area contributed by atoms with Crippen molar-refractivity contribution in [2.45, 2.75) is 46.3 Å². The predicted molar refractivity (Wildman–Crippen MR) is 116 cm³/mol. The van der Waals surface area contributed by atoms with E-state index < -0.39 is 0 Å². The summed E-state index contributed by atoms with van der Waals surface area (Å²) in [5.41, 5.74) is 5.38. The van der Waals surface area contributed by atoms with E-state index in [1.54, 1.807) is 0 Å². The maximum absolute atomic E-state index is 6.09. The lowest BCUT2D eigenvalue weighted by molar-refractivity contribution is 0.194. The first-order valence-corrected chi connectivity index (χ1v) is 10.2. The highest BCUT2D eigenvalue weighted by atomic mass is 35.5. The van der Waals surface area contributed by atoms with Crippen LogP contribution in [0.4, 0.5) is 0 Å². The fraction of sp³-hybridized carbons (Fsp3) is 0.522. The molecule has 0 bridgehead atoms. The van der Waals surface area contributed by atoms with Crippen molar-refractivity contribution in [2.24, 2.45) is 5.41 Å². The van der Waals surface area contributed by atoms with Crippen molar-refractivity contribution in [3.8, 4) is 5.75 Å². The topological polar surface area (TPSA) is 37.4 Å². The molecule has 2 saturated heterocycles. The van der Waals surface area contributed by atoms with Gasteiger partial charge in [0.1, 0.15) is 12.4 Å². The summed E-state index contributed by atoms with van der Waals surface area (Å²) in [5, 5.41) is 3.51. The average Bonchev–Trinajstić information content (AvgIpc) is 3.04. The third kappa shape index (κ3) is 4.86. The van der Waals surface area contributed by atoms with Crippen LogP contribution >= 0.6 is 12.4 Å². The number of halogens is 1. The third-order valence-corrected chi connectivity index (χ3v) is 6.20. The fourth-order valence-corrected chi connectivity index (χ4v) is 4.77. The van der Waals surface area contributed by atoms with Gasteiger partial charge in [-0.25, -0.2) is 0 Å². The molecule has 0 amide bonds. The highest BCUT2D eigenvalue weighted by molar-refractivity contribution is 5.85. The number of pyridine rings is 1. The first-order chi connectivity index (χ1) is 13.1. The number of rotatable bonds is 5. The second-order valence-electron chi connectivity index (χ2n) is 8.38. The molecule has 4 rings (SSSR count). The highest BCUT2D eigenvalue weighted by Crippen LogP contribution is 2.39. The van der Waals surface area contributed by atoms with Crippen molar-refractivity contribution in [3.05, 3.63) is 58.9 Å². The molecule has 2 aliphatic rings. The van der Waals surface area contributed by atoms with E-state index >= 15 is 0 Å². The zero-order valence-corrected chi connectivity index (χ0v) is 17.9. The Hall–Kier alpha value is -1.62. The van der Waals surface area contributed by atoms with Crippen LogP contribution in [0.3, 0.4) is 0 Å². The summed E-state index contributed by atoms with van der Waals surface area (Å²) < 4.78 is 6.09. The van der Waals surface area contributed by atoms with Crippen LogP contribution in [0, 0.1) is 19.3 Å². The van der Waals surface area contributed by atoms with Gasteiger partial charge in [0.25, 0.3) is 0 Å². The summed E-state index contributed by atoms with van der Waals surface area (Å²) in [6, 6.07) is 10.5. The summed E-state index contributed by atoms with van der Waals surface area (Å²) in [5.74, 6) is 1.00. The van der Waals surface area contributed by atoms with Crippen LogP contribution < -0.4 is 10.1 Å². The molecule has 0 radical (unpaired) electrons. The maximum atomic E-state index is 6.09. The van der Waals surface area contributed by atoms with Gasteiger partial charge < -0.3 is 10.1 Å². The summed E-state index contributed by atoms with van der Waals surface area (Å²) in [7, 11) is 0. The quantitative estimate of drug-likeness (QED) is 0.811. The minimum absolute atomic E-state index is 0. The largest absolute Gasteiger partial charge is 0.487 e. The molecule has 1 aromatic heterocycles. The third-order valence-electron chi connectivity index (χ3n) is 6.20. The standard InChI is InChI=1S/C23H31N3O.ClH/c1-18-13-20(15-26-12-8-23(17-26)6-10-24-11-7-23)14-19(2)22(18)27-16-21-5-3-4-9-25-21;/h3-5,9,13-14,24H,6-8,10-12,15-17H2,1-2H3;1H. The molecule has 152 valence electrons. The number of ether oxygens (including phenoxy) is 1. The van der Waals surface area contributed by atoms with Crippen molar-refractivity contribution >= 4 is 12.4 Å². The molecule has 28 heavy (non-hydrogen) atoms. The molecule has 5 heteroatoms. The van der Waals surface area contributed by atoms with Crippen LogP contribution in [0.2, 0.25) is 0 Å². The summed E-state index contributed by atoms with van der Waals surface area (Å²) in [6.45, 7) is 10.7. The summed E-state index contributed by atoms with van der Waals surface area (Å²) in [4.78, 5) is 6.99. The molecule has 0 saturated carbocycles. The Labute approximate surface area is 175 Å². The van der Waals surface area contributed by atoms with Crippen LogP contribution in [0.1, 0.15) is 41.6 Å². The van der Waals surface area contributed by atoms with E-state index in [1.807, 2.05) is 24.4 Å². The van der Waals surface area contributed by atoms with Crippen molar-refractivity contribution in [2.75, 3.05) is 26.2 Å². The number of piperidine rings is 1. The van der Waals surface area contributed by atoms with Crippen LogP contribution in [0.5, 0.6) is 5.75 Å². The number of nitrogens with one attached hydrogen (secondary N) is 1. The van der Waals surface area contributed by atoms with Gasteiger partial charge in [-0.05, 0) is 87.0 Å². The molecule has 1 aromatic carbocycles. The number of aryl methyl sites for hydroxylation is 2. The number of likely N-dealkylation sites (tertiary alicyclic amines) is 1. The minimum atomic E-state index is 0. The average molecular weight is 402 g/mol. The number of hydrogen-bond donors (Lipinski definition) is 1. The fourth-order valence-electron chi connectivity index (χ4n) is 4.77. The van der Waals surface area contributed by atoms with Crippen LogP contribution in [0.15, 0.2) is 36.5 Å². The summed E-state index contributed by atoms with van der Waals surface area (Å²) >= 11 is 0. The molecule has 2 aromatic rings. The molecule has 2 fully saturated rings. The van der Waals surface area contributed by atoms with Crippen molar-refractivity contribution in [3.63, 3.8) is 0 Å². The van der Waals surface area contributed by atoms with Gasteiger partial charge in [0.05, 0.1) is 5.69 Å². The van der Waals surface area contributed by atoms with Crippen LogP contribution in [0.25, 0.3) is 0 Å². The molecule has 2 aliphatic heterocycles. The molecule has 3 heterocycles. The zero-order valence-electron chi connectivity index (χ0n) is 17.0. The van der Waals surface area contributed by atoms with Gasteiger partial charge in [0, 0.05) is 19.3 Å². The van der Waals surface area contributed by atoms with Gasteiger partial charge in [-0.2, -0.15) is 0 Å². The van der Waals surface area contributed by atoms with Crippen LogP contribution in [-0.2, 0) is 13.2 Å². The van der Waals surface area contributed by atoms with E-state index in [0.29, 0.717) is 12.0 Å². The van der Waals surface area contributed by atoms with E-state index in [-0.39, 0.29) is 12.4 Å². The van der Waals surface area contributed by atoms with E-state index in [2.05, 4.69) is 41.2 Å². The Bertz CT molecular complexity index is 752. The summed E-state index contributed by atoms with van der Waals surface area (Å²) in [6.07, 6.45) is 5.84. The highest BCUT2D eigenvalue weighted by Gasteiger charge is 2.38. The van der Waals surface area contributed by atoms with Crippen molar-refractivity contribution in [1.82, 2.24) is 15.2 Å².